The molecule has 1 aliphatic rings. The molecule has 1 heterocycles. The Bertz CT molecular complexity index is 296. The van der Waals surface area contributed by atoms with Gasteiger partial charge in [-0.25, -0.2) is 8.42 Å². The molecule has 1 saturated heterocycles. The van der Waals surface area contributed by atoms with Crippen molar-refractivity contribution >= 4 is 21.8 Å². The van der Waals surface area contributed by atoms with E-state index in [2.05, 4.69) is 13.8 Å². The van der Waals surface area contributed by atoms with E-state index in [0.29, 0.717) is 13.1 Å². The molecule has 14 heavy (non-hydrogen) atoms. The van der Waals surface area contributed by atoms with Gasteiger partial charge in [0.2, 0.25) is 10.0 Å². The topological polar surface area (TPSA) is 37.4 Å². The molecule has 84 valence electrons. The summed E-state index contributed by atoms with van der Waals surface area (Å²) in [6.07, 6.45) is 0. The monoisotopic (exact) mass is 237 g/mol. The molecule has 0 aromatic rings. The quantitative estimate of drug-likeness (QED) is 0.731. The van der Waals surface area contributed by atoms with Gasteiger partial charge in [0, 0.05) is 23.6 Å². The van der Waals surface area contributed by atoms with Crippen LogP contribution in [0.4, 0.5) is 0 Å². The Kier molecular flexibility index (Phi) is 3.54. The number of hydrogen-bond donors (Lipinski definition) is 0. The van der Waals surface area contributed by atoms with Crippen LogP contribution in [0.3, 0.4) is 0 Å². The maximum atomic E-state index is 11.9. The van der Waals surface area contributed by atoms with Gasteiger partial charge in [-0.2, -0.15) is 16.1 Å². The van der Waals surface area contributed by atoms with Gasteiger partial charge >= 0.3 is 0 Å². The lowest BCUT2D eigenvalue weighted by molar-refractivity contribution is 0.383. The number of thioether (sulfide) groups is 1. The van der Waals surface area contributed by atoms with Crippen molar-refractivity contribution in [1.82, 2.24) is 4.31 Å². The smallest absolute Gasteiger partial charge is 0.212 e. The van der Waals surface area contributed by atoms with Gasteiger partial charge < -0.3 is 0 Å². The van der Waals surface area contributed by atoms with Crippen molar-refractivity contribution in [2.75, 3.05) is 18.8 Å². The number of hydrogen-bond acceptors (Lipinski definition) is 3. The van der Waals surface area contributed by atoms with Crippen LogP contribution in [0.1, 0.15) is 27.7 Å². The van der Waals surface area contributed by atoms with Crippen LogP contribution in [-0.2, 0) is 10.0 Å². The highest BCUT2D eigenvalue weighted by Crippen LogP contribution is 2.31. The van der Waals surface area contributed by atoms with Crippen molar-refractivity contribution in [1.29, 1.82) is 0 Å². The van der Waals surface area contributed by atoms with E-state index in [4.69, 9.17) is 0 Å². The summed E-state index contributed by atoms with van der Waals surface area (Å²) in [5.74, 6) is 0.902. The zero-order chi connectivity index (χ0) is 11.0. The van der Waals surface area contributed by atoms with E-state index >= 15 is 0 Å². The summed E-state index contributed by atoms with van der Waals surface area (Å²) in [5.41, 5.74) is 0. The number of sulfonamides is 1. The lowest BCUT2D eigenvalue weighted by Gasteiger charge is -2.37. The fraction of sp³-hybridized carbons (Fsp3) is 1.00. The Morgan fingerprint density at radius 1 is 1.36 bits per heavy atom. The summed E-state index contributed by atoms with van der Waals surface area (Å²) in [6.45, 7) is 8.97. The minimum Gasteiger partial charge on any atom is -0.212 e. The molecular formula is C9H19NO2S2. The molecule has 0 atom stereocenters. The van der Waals surface area contributed by atoms with Gasteiger partial charge in [0.15, 0.2) is 0 Å². The van der Waals surface area contributed by atoms with Crippen LogP contribution in [0.5, 0.6) is 0 Å². The molecule has 0 bridgehead atoms. The summed E-state index contributed by atoms with van der Waals surface area (Å²) < 4.78 is 25.5. The van der Waals surface area contributed by atoms with Gasteiger partial charge in [0.25, 0.3) is 0 Å². The average molecular weight is 237 g/mol. The molecule has 0 aromatic heterocycles. The van der Waals surface area contributed by atoms with Crippen LogP contribution in [0, 0.1) is 0 Å². The molecule has 3 nitrogen and oxygen atoms in total. The predicted octanol–water partition coefficient (Wildman–Crippen LogP) is 1.55. The second kappa shape index (κ2) is 4.02. The van der Waals surface area contributed by atoms with E-state index in [1.165, 1.54) is 0 Å². The van der Waals surface area contributed by atoms with Crippen molar-refractivity contribution in [2.45, 2.75) is 37.7 Å². The third-order valence-electron chi connectivity index (χ3n) is 2.35. The van der Waals surface area contributed by atoms with Crippen molar-refractivity contribution in [3.63, 3.8) is 0 Å². The largest absolute Gasteiger partial charge is 0.216 e. The first-order valence-corrected chi connectivity index (χ1v) is 7.37. The maximum Gasteiger partial charge on any atom is 0.216 e. The molecule has 0 unspecified atom stereocenters. The summed E-state index contributed by atoms with van der Waals surface area (Å²) in [7, 11) is -3.05. The summed E-state index contributed by atoms with van der Waals surface area (Å²) >= 11 is 1.85. The Morgan fingerprint density at radius 2 is 1.93 bits per heavy atom. The van der Waals surface area contributed by atoms with Gasteiger partial charge in [0.1, 0.15) is 0 Å². The van der Waals surface area contributed by atoms with Crippen molar-refractivity contribution in [2.24, 2.45) is 0 Å². The molecule has 0 saturated carbocycles. The van der Waals surface area contributed by atoms with E-state index in [0.717, 1.165) is 5.75 Å². The van der Waals surface area contributed by atoms with Crippen LogP contribution in [0.15, 0.2) is 0 Å². The van der Waals surface area contributed by atoms with E-state index in [1.807, 2.05) is 11.8 Å². The Labute approximate surface area is 91.3 Å². The molecule has 0 N–H and O–H groups in total. The number of rotatable bonds is 2. The molecule has 1 rings (SSSR count). The highest BCUT2D eigenvalue weighted by atomic mass is 32.2. The van der Waals surface area contributed by atoms with Crippen LogP contribution in [0.2, 0.25) is 0 Å². The van der Waals surface area contributed by atoms with Crippen LogP contribution in [-0.4, -0.2) is 41.6 Å². The summed E-state index contributed by atoms with van der Waals surface area (Å²) in [4.78, 5) is 0. The Morgan fingerprint density at radius 3 is 2.36 bits per heavy atom. The number of nitrogens with zero attached hydrogens (tertiary/aromatic N) is 1. The highest BCUT2D eigenvalue weighted by molar-refractivity contribution is 8.00. The molecule has 0 radical (unpaired) electrons. The lowest BCUT2D eigenvalue weighted by atomic mass is 10.2. The van der Waals surface area contributed by atoms with E-state index in [1.54, 1.807) is 18.2 Å². The van der Waals surface area contributed by atoms with Gasteiger partial charge in [0.05, 0.1) is 5.25 Å². The maximum absolute atomic E-state index is 11.9. The first kappa shape index (κ1) is 12.3. The van der Waals surface area contributed by atoms with Crippen LogP contribution in [0.25, 0.3) is 0 Å². The molecule has 0 aromatic carbocycles. The predicted molar refractivity (Wildman–Crippen MR) is 62.2 cm³/mol. The Balaban J connectivity index is 2.80. The average Bonchev–Trinajstić information content (AvgIpc) is 2.02. The van der Waals surface area contributed by atoms with E-state index < -0.39 is 10.0 Å². The molecule has 1 fully saturated rings. The van der Waals surface area contributed by atoms with Gasteiger partial charge in [-0.05, 0) is 27.7 Å². The van der Waals surface area contributed by atoms with Crippen molar-refractivity contribution < 1.29 is 8.42 Å². The molecule has 1 aliphatic heterocycles. The zero-order valence-corrected chi connectivity index (χ0v) is 10.9. The Hall–Kier alpha value is 0.260. The van der Waals surface area contributed by atoms with E-state index in [-0.39, 0.29) is 10.00 Å². The van der Waals surface area contributed by atoms with Gasteiger partial charge in [-0.1, -0.05) is 0 Å². The third-order valence-corrected chi connectivity index (χ3v) is 5.87. The normalized spacial score (nSPS) is 24.1. The molecule has 0 spiro atoms. The standard InChI is InChI=1S/C9H19NO2S2/c1-8(2)14(11,12)10-5-6-13-9(3,4)7-10/h8H,5-7H2,1-4H3. The summed E-state index contributed by atoms with van der Waals surface area (Å²) in [6, 6.07) is 0. The summed E-state index contributed by atoms with van der Waals surface area (Å²) in [5, 5.41) is -0.304. The van der Waals surface area contributed by atoms with Crippen LogP contribution >= 0.6 is 11.8 Å². The van der Waals surface area contributed by atoms with Gasteiger partial charge in [-0.15, -0.1) is 0 Å². The first-order valence-electron chi connectivity index (χ1n) is 4.89. The van der Waals surface area contributed by atoms with Gasteiger partial charge in [-0.3, -0.25) is 0 Å². The third kappa shape index (κ3) is 2.64. The van der Waals surface area contributed by atoms with E-state index in [9.17, 15) is 8.42 Å². The van der Waals surface area contributed by atoms with Crippen molar-refractivity contribution in [3.8, 4) is 0 Å². The first-order chi connectivity index (χ1) is 6.26. The molecule has 0 amide bonds. The molecule has 5 heteroatoms. The zero-order valence-electron chi connectivity index (χ0n) is 9.28. The highest BCUT2D eigenvalue weighted by Gasteiger charge is 2.34. The minimum absolute atomic E-state index is 0.0558. The second-order valence-corrected chi connectivity index (χ2v) is 8.83. The minimum atomic E-state index is -3.05. The lowest BCUT2D eigenvalue weighted by Crippen LogP contribution is -2.48. The van der Waals surface area contributed by atoms with Crippen molar-refractivity contribution in [3.05, 3.63) is 0 Å². The fourth-order valence-corrected chi connectivity index (χ4v) is 4.24. The van der Waals surface area contributed by atoms with Crippen LogP contribution < -0.4 is 0 Å². The fourth-order valence-electron chi connectivity index (χ4n) is 1.49. The second-order valence-electron chi connectivity index (χ2n) is 4.54. The molecular weight excluding hydrogens is 218 g/mol. The molecule has 0 aliphatic carbocycles. The SMILES string of the molecule is CC(C)S(=O)(=O)N1CCSC(C)(C)C1.